The summed E-state index contributed by atoms with van der Waals surface area (Å²) in [7, 11) is 0. The number of aliphatic carboxylic acids is 1. The van der Waals surface area contributed by atoms with Crippen LogP contribution in [0.4, 0.5) is 0 Å². The predicted molar refractivity (Wildman–Crippen MR) is 69.3 cm³/mol. The summed E-state index contributed by atoms with van der Waals surface area (Å²) in [5, 5.41) is 12.0. The molecule has 0 radical (unpaired) electrons. The highest BCUT2D eigenvalue weighted by molar-refractivity contribution is 5.84. The molecular weight excluding hydrogens is 232 g/mol. The Bertz CT molecular complexity index is 345. The van der Waals surface area contributed by atoms with Gasteiger partial charge in [-0.05, 0) is 41.0 Å². The van der Waals surface area contributed by atoms with Crippen molar-refractivity contribution in [3.8, 4) is 0 Å². The fraction of sp³-hybridized carbons (Fsp3) is 0.846. The van der Waals surface area contributed by atoms with Crippen molar-refractivity contribution in [2.24, 2.45) is 0 Å². The molecule has 1 amide bonds. The molecule has 18 heavy (non-hydrogen) atoms. The van der Waals surface area contributed by atoms with Crippen LogP contribution >= 0.6 is 0 Å². The molecular formula is C13H24N2O3. The molecule has 1 unspecified atom stereocenters. The van der Waals surface area contributed by atoms with Crippen molar-refractivity contribution in [1.82, 2.24) is 10.2 Å². The number of carboxylic acids is 1. The van der Waals surface area contributed by atoms with Gasteiger partial charge in [-0.3, -0.25) is 14.9 Å². The van der Waals surface area contributed by atoms with Crippen LogP contribution in [0.1, 0.15) is 47.5 Å². The molecule has 1 heterocycles. The van der Waals surface area contributed by atoms with Gasteiger partial charge < -0.3 is 10.0 Å². The molecule has 0 spiro atoms. The highest BCUT2D eigenvalue weighted by atomic mass is 16.4. The zero-order chi connectivity index (χ0) is 14.1. The molecule has 0 aromatic carbocycles. The Hall–Kier alpha value is -1.10. The van der Waals surface area contributed by atoms with Gasteiger partial charge in [-0.2, -0.15) is 0 Å². The van der Waals surface area contributed by atoms with Crippen molar-refractivity contribution in [3.63, 3.8) is 0 Å². The van der Waals surface area contributed by atoms with Crippen molar-refractivity contribution >= 4 is 11.9 Å². The Morgan fingerprint density at radius 2 is 2.06 bits per heavy atom. The molecule has 1 atom stereocenters. The smallest absolute Gasteiger partial charge is 0.303 e. The minimum atomic E-state index is -0.865. The number of nitrogens with one attached hydrogen (secondary N) is 1. The second-order valence-corrected chi connectivity index (χ2v) is 6.61. The third-order valence-electron chi connectivity index (χ3n) is 3.14. The van der Waals surface area contributed by atoms with Crippen LogP contribution in [0.2, 0.25) is 0 Å². The van der Waals surface area contributed by atoms with Crippen molar-refractivity contribution in [3.05, 3.63) is 0 Å². The molecule has 0 bridgehead atoms. The zero-order valence-corrected chi connectivity index (χ0v) is 11.9. The lowest BCUT2D eigenvalue weighted by molar-refractivity contribution is -0.145. The minimum absolute atomic E-state index is 0.00285. The predicted octanol–water partition coefficient (Wildman–Crippen LogP) is 1.23. The summed E-state index contributed by atoms with van der Waals surface area (Å²) >= 11 is 0. The summed E-state index contributed by atoms with van der Waals surface area (Å²) in [5.74, 6) is -0.863. The number of carbonyl (C=O) groups excluding carboxylic acids is 1. The van der Waals surface area contributed by atoms with E-state index in [1.807, 2.05) is 39.5 Å². The van der Waals surface area contributed by atoms with E-state index in [9.17, 15) is 9.59 Å². The number of nitrogens with zero attached hydrogens (tertiary/aromatic N) is 1. The fourth-order valence-corrected chi connectivity index (χ4v) is 2.27. The van der Waals surface area contributed by atoms with Crippen molar-refractivity contribution in [1.29, 1.82) is 0 Å². The number of carbonyl (C=O) groups is 2. The first-order chi connectivity index (χ1) is 8.03. The topological polar surface area (TPSA) is 69.6 Å². The average molecular weight is 256 g/mol. The SMILES string of the molecule is CC1(C)CN(C(C)(C)C)C(=O)C(CCC(=O)O)N1. The zero-order valence-electron chi connectivity index (χ0n) is 11.9. The first kappa shape index (κ1) is 15.0. The summed E-state index contributed by atoms with van der Waals surface area (Å²) in [6, 6.07) is -0.399. The van der Waals surface area contributed by atoms with E-state index in [0.717, 1.165) is 0 Å². The maximum atomic E-state index is 12.3. The molecule has 5 nitrogen and oxygen atoms in total. The monoisotopic (exact) mass is 256 g/mol. The van der Waals surface area contributed by atoms with Gasteiger partial charge in [0.2, 0.25) is 5.91 Å². The van der Waals surface area contributed by atoms with Crippen LogP contribution in [-0.4, -0.2) is 45.5 Å². The highest BCUT2D eigenvalue weighted by Crippen LogP contribution is 2.24. The molecule has 1 aliphatic rings. The van der Waals surface area contributed by atoms with E-state index in [1.54, 1.807) is 0 Å². The molecule has 0 aromatic rings. The van der Waals surface area contributed by atoms with Crippen molar-refractivity contribution in [2.75, 3.05) is 6.54 Å². The van der Waals surface area contributed by atoms with Gasteiger partial charge >= 0.3 is 5.97 Å². The first-order valence-corrected chi connectivity index (χ1v) is 6.34. The number of rotatable bonds is 3. The van der Waals surface area contributed by atoms with Gasteiger partial charge in [-0.25, -0.2) is 0 Å². The Balaban J connectivity index is 2.85. The molecule has 1 aliphatic heterocycles. The summed E-state index contributed by atoms with van der Waals surface area (Å²) < 4.78 is 0. The Morgan fingerprint density at radius 1 is 1.50 bits per heavy atom. The largest absolute Gasteiger partial charge is 0.481 e. The molecule has 0 saturated carbocycles. The minimum Gasteiger partial charge on any atom is -0.481 e. The lowest BCUT2D eigenvalue weighted by Gasteiger charge is -2.48. The summed E-state index contributed by atoms with van der Waals surface area (Å²) in [4.78, 5) is 24.8. The van der Waals surface area contributed by atoms with Gasteiger partial charge in [0.05, 0.1) is 6.04 Å². The van der Waals surface area contributed by atoms with Crippen LogP contribution in [0, 0.1) is 0 Å². The van der Waals surface area contributed by atoms with E-state index in [4.69, 9.17) is 5.11 Å². The van der Waals surface area contributed by atoms with E-state index in [-0.39, 0.29) is 23.4 Å². The van der Waals surface area contributed by atoms with Gasteiger partial charge in [0.25, 0.3) is 0 Å². The van der Waals surface area contributed by atoms with Gasteiger partial charge in [0.15, 0.2) is 0 Å². The van der Waals surface area contributed by atoms with Crippen LogP contribution in [0.25, 0.3) is 0 Å². The van der Waals surface area contributed by atoms with E-state index >= 15 is 0 Å². The van der Waals surface area contributed by atoms with Gasteiger partial charge in [0.1, 0.15) is 0 Å². The third kappa shape index (κ3) is 3.70. The number of hydrogen-bond acceptors (Lipinski definition) is 3. The Labute approximate surface area is 109 Å². The van der Waals surface area contributed by atoms with Crippen LogP contribution in [0.5, 0.6) is 0 Å². The number of piperazine rings is 1. The lowest BCUT2D eigenvalue weighted by atomic mass is 9.91. The quantitative estimate of drug-likeness (QED) is 0.797. The standard InChI is InChI=1S/C13H24N2O3/c1-12(2,3)15-8-13(4,5)14-9(11(15)18)6-7-10(16)17/h9,14H,6-8H2,1-5H3,(H,16,17). The maximum absolute atomic E-state index is 12.3. The van der Waals surface area contributed by atoms with Crippen LogP contribution in [0.3, 0.4) is 0 Å². The van der Waals surface area contributed by atoms with Crippen molar-refractivity contribution < 1.29 is 14.7 Å². The normalized spacial score (nSPS) is 24.2. The Morgan fingerprint density at radius 3 is 2.50 bits per heavy atom. The van der Waals surface area contributed by atoms with E-state index in [1.165, 1.54) is 0 Å². The fourth-order valence-electron chi connectivity index (χ4n) is 2.27. The highest BCUT2D eigenvalue weighted by Gasteiger charge is 2.41. The first-order valence-electron chi connectivity index (χ1n) is 6.34. The molecule has 0 aliphatic carbocycles. The second-order valence-electron chi connectivity index (χ2n) is 6.61. The van der Waals surface area contributed by atoms with Gasteiger partial charge in [-0.15, -0.1) is 0 Å². The third-order valence-corrected chi connectivity index (χ3v) is 3.14. The second kappa shape index (κ2) is 4.88. The van der Waals surface area contributed by atoms with E-state index in [0.29, 0.717) is 13.0 Å². The maximum Gasteiger partial charge on any atom is 0.303 e. The number of carboxylic acid groups (broad SMARTS) is 1. The van der Waals surface area contributed by atoms with Gasteiger partial charge in [-0.1, -0.05) is 0 Å². The molecule has 1 fully saturated rings. The number of amides is 1. The number of hydrogen-bond donors (Lipinski definition) is 2. The van der Waals surface area contributed by atoms with E-state index in [2.05, 4.69) is 5.32 Å². The summed E-state index contributed by atoms with van der Waals surface area (Å²) in [6.45, 7) is 10.7. The summed E-state index contributed by atoms with van der Waals surface area (Å²) in [5.41, 5.74) is -0.428. The molecule has 1 rings (SSSR count). The van der Waals surface area contributed by atoms with Crippen LogP contribution < -0.4 is 5.32 Å². The molecule has 104 valence electrons. The van der Waals surface area contributed by atoms with Crippen molar-refractivity contribution in [2.45, 2.75) is 64.6 Å². The molecule has 1 saturated heterocycles. The van der Waals surface area contributed by atoms with Crippen LogP contribution in [-0.2, 0) is 9.59 Å². The lowest BCUT2D eigenvalue weighted by Crippen LogP contribution is -2.68. The summed E-state index contributed by atoms with van der Waals surface area (Å²) in [6.07, 6.45) is 0.349. The van der Waals surface area contributed by atoms with E-state index < -0.39 is 12.0 Å². The van der Waals surface area contributed by atoms with Gasteiger partial charge in [0, 0.05) is 24.0 Å². The Kier molecular flexibility index (Phi) is 4.05. The molecule has 5 heteroatoms. The average Bonchev–Trinajstić information content (AvgIpc) is 2.17. The van der Waals surface area contributed by atoms with Crippen LogP contribution in [0.15, 0.2) is 0 Å². The molecule has 0 aromatic heterocycles. The molecule has 2 N–H and O–H groups in total.